The van der Waals surface area contributed by atoms with Gasteiger partial charge in [0.25, 0.3) is 5.91 Å². The fraction of sp³-hybridized carbons (Fsp3) is 0.778. The van der Waals surface area contributed by atoms with Crippen molar-refractivity contribution in [1.82, 2.24) is 20.0 Å². The third-order valence-corrected chi connectivity index (χ3v) is 5.13. The molecule has 1 aromatic rings. The molecule has 3 rings (SSSR count). The van der Waals surface area contributed by atoms with Crippen LogP contribution in [0.2, 0.25) is 0 Å². The van der Waals surface area contributed by atoms with Crippen molar-refractivity contribution in [3.8, 4) is 0 Å². The second-order valence-corrected chi connectivity index (χ2v) is 7.47. The fourth-order valence-corrected chi connectivity index (χ4v) is 3.47. The van der Waals surface area contributed by atoms with Crippen LogP contribution in [0.25, 0.3) is 0 Å². The number of nitrogens with zero attached hydrogens (tertiary/aromatic N) is 3. The summed E-state index contributed by atoms with van der Waals surface area (Å²) in [6.45, 7) is 9.41. The number of nitrogens with one attached hydrogen (secondary N) is 1. The number of carbonyl (C=O) groups is 1. The molecule has 0 unspecified atom stereocenters. The molecule has 2 fully saturated rings. The maximum atomic E-state index is 13.2. The predicted octanol–water partition coefficient (Wildman–Crippen LogP) is 2.59. The van der Waals surface area contributed by atoms with Crippen molar-refractivity contribution in [2.75, 3.05) is 13.1 Å². The summed E-state index contributed by atoms with van der Waals surface area (Å²) in [4.78, 5) is 15.3. The summed E-state index contributed by atoms with van der Waals surface area (Å²) in [5.41, 5.74) is 1.83. The molecule has 1 aromatic heterocycles. The Morgan fingerprint density at radius 1 is 1.30 bits per heavy atom. The minimum Gasteiger partial charge on any atom is -0.332 e. The van der Waals surface area contributed by atoms with Crippen LogP contribution < -0.4 is 5.32 Å². The van der Waals surface area contributed by atoms with E-state index in [0.29, 0.717) is 18.0 Å². The average molecular weight is 318 g/mol. The number of rotatable bonds is 6. The maximum absolute atomic E-state index is 13.2. The monoisotopic (exact) mass is 318 g/mol. The van der Waals surface area contributed by atoms with E-state index >= 15 is 0 Å². The molecule has 1 N–H and O–H groups in total. The largest absolute Gasteiger partial charge is 0.332 e. The van der Waals surface area contributed by atoms with Crippen LogP contribution in [-0.4, -0.2) is 45.8 Å². The van der Waals surface area contributed by atoms with Crippen LogP contribution >= 0.6 is 0 Å². The Morgan fingerprint density at radius 3 is 2.57 bits per heavy atom. The van der Waals surface area contributed by atoms with Gasteiger partial charge in [-0.1, -0.05) is 13.8 Å². The average Bonchev–Trinajstić information content (AvgIpc) is 3.29. The first-order valence-corrected chi connectivity index (χ1v) is 9.13. The lowest BCUT2D eigenvalue weighted by molar-refractivity contribution is 0.0622. The van der Waals surface area contributed by atoms with Gasteiger partial charge in [-0.25, -0.2) is 0 Å². The van der Waals surface area contributed by atoms with E-state index < -0.39 is 0 Å². The van der Waals surface area contributed by atoms with Crippen LogP contribution in [-0.2, 0) is 6.54 Å². The molecule has 128 valence electrons. The summed E-state index contributed by atoms with van der Waals surface area (Å²) in [5.74, 6) is 0.850. The molecule has 2 aliphatic rings. The first-order valence-electron chi connectivity index (χ1n) is 9.13. The molecule has 23 heavy (non-hydrogen) atoms. The highest BCUT2D eigenvalue weighted by Crippen LogP contribution is 2.33. The van der Waals surface area contributed by atoms with Crippen LogP contribution in [0.3, 0.4) is 0 Å². The fourth-order valence-electron chi connectivity index (χ4n) is 3.47. The summed E-state index contributed by atoms with van der Waals surface area (Å²) < 4.78 is 2.00. The molecule has 0 atom stereocenters. The van der Waals surface area contributed by atoms with Crippen molar-refractivity contribution in [3.05, 3.63) is 17.5 Å². The van der Waals surface area contributed by atoms with E-state index in [1.807, 2.05) is 11.6 Å². The SMILES string of the molecule is Cc1c(C(=O)N(C2CCNCC2)C2CC2)cnn1CCC(C)C. The molecule has 1 saturated carbocycles. The first-order chi connectivity index (χ1) is 11.1. The molecule has 5 heteroatoms. The van der Waals surface area contributed by atoms with Crippen LogP contribution in [0.1, 0.15) is 62.0 Å². The highest BCUT2D eigenvalue weighted by molar-refractivity contribution is 5.95. The summed E-state index contributed by atoms with van der Waals surface area (Å²) in [5, 5.41) is 7.87. The molecule has 0 spiro atoms. The summed E-state index contributed by atoms with van der Waals surface area (Å²) in [6.07, 6.45) is 7.35. The summed E-state index contributed by atoms with van der Waals surface area (Å²) in [6, 6.07) is 0.860. The smallest absolute Gasteiger partial charge is 0.257 e. The van der Waals surface area contributed by atoms with E-state index in [-0.39, 0.29) is 5.91 Å². The standard InChI is InChI=1S/C18H30N4O/c1-13(2)8-11-21-14(3)17(12-20-21)18(23)22(15-4-5-15)16-6-9-19-10-7-16/h12-13,15-16,19H,4-11H2,1-3H3. The number of aryl methyl sites for hydroxylation is 1. The lowest BCUT2D eigenvalue weighted by atomic mass is 10.0. The highest BCUT2D eigenvalue weighted by Gasteiger charge is 2.39. The molecule has 1 saturated heterocycles. The molecular formula is C18H30N4O. The Morgan fingerprint density at radius 2 is 1.96 bits per heavy atom. The number of aromatic nitrogens is 2. The van der Waals surface area contributed by atoms with Crippen molar-refractivity contribution in [2.45, 2.75) is 71.5 Å². The topological polar surface area (TPSA) is 50.2 Å². The first kappa shape index (κ1) is 16.5. The Labute approximate surface area is 139 Å². The molecule has 1 aliphatic heterocycles. The van der Waals surface area contributed by atoms with Crippen molar-refractivity contribution in [2.24, 2.45) is 5.92 Å². The Hall–Kier alpha value is -1.36. The minimum atomic E-state index is 0.202. The van der Waals surface area contributed by atoms with E-state index in [2.05, 4.69) is 29.2 Å². The maximum Gasteiger partial charge on any atom is 0.257 e. The van der Waals surface area contributed by atoms with Crippen LogP contribution in [0.15, 0.2) is 6.20 Å². The second-order valence-electron chi connectivity index (χ2n) is 7.47. The Kier molecular flexibility index (Phi) is 5.05. The second kappa shape index (κ2) is 7.04. The van der Waals surface area contributed by atoms with Gasteiger partial charge in [0.15, 0.2) is 0 Å². The molecule has 0 aromatic carbocycles. The van der Waals surface area contributed by atoms with Crippen molar-refractivity contribution in [1.29, 1.82) is 0 Å². The molecule has 1 amide bonds. The zero-order valence-electron chi connectivity index (χ0n) is 14.7. The Bertz CT molecular complexity index is 541. The van der Waals surface area contributed by atoms with Gasteiger partial charge in [-0.15, -0.1) is 0 Å². The predicted molar refractivity (Wildman–Crippen MR) is 91.5 cm³/mol. The Balaban J connectivity index is 1.75. The molecule has 0 bridgehead atoms. The van der Waals surface area contributed by atoms with Crippen molar-refractivity contribution in [3.63, 3.8) is 0 Å². The van der Waals surface area contributed by atoms with Gasteiger partial charge in [0, 0.05) is 24.3 Å². The van der Waals surface area contributed by atoms with Gasteiger partial charge < -0.3 is 10.2 Å². The van der Waals surface area contributed by atoms with E-state index in [9.17, 15) is 4.79 Å². The van der Waals surface area contributed by atoms with Gasteiger partial charge >= 0.3 is 0 Å². The lowest BCUT2D eigenvalue weighted by Crippen LogP contribution is -2.47. The van der Waals surface area contributed by atoms with E-state index in [0.717, 1.165) is 63.0 Å². The summed E-state index contributed by atoms with van der Waals surface area (Å²) >= 11 is 0. The minimum absolute atomic E-state index is 0.202. The van der Waals surface area contributed by atoms with E-state index in [1.165, 1.54) is 0 Å². The third-order valence-electron chi connectivity index (χ3n) is 5.13. The van der Waals surface area contributed by atoms with Gasteiger partial charge in [0.2, 0.25) is 0 Å². The number of amides is 1. The molecular weight excluding hydrogens is 288 g/mol. The van der Waals surface area contributed by atoms with Gasteiger partial charge in [-0.05, 0) is 58.0 Å². The zero-order valence-corrected chi connectivity index (χ0v) is 14.7. The number of hydrogen-bond donors (Lipinski definition) is 1. The summed E-state index contributed by atoms with van der Waals surface area (Å²) in [7, 11) is 0. The van der Waals surface area contributed by atoms with Gasteiger partial charge in [0.1, 0.15) is 0 Å². The molecule has 2 heterocycles. The zero-order chi connectivity index (χ0) is 16.4. The normalized spacial score (nSPS) is 19.3. The lowest BCUT2D eigenvalue weighted by Gasteiger charge is -2.35. The van der Waals surface area contributed by atoms with Crippen molar-refractivity contribution >= 4 is 5.91 Å². The molecule has 1 aliphatic carbocycles. The van der Waals surface area contributed by atoms with Gasteiger partial charge in [-0.2, -0.15) is 5.10 Å². The quantitative estimate of drug-likeness (QED) is 0.877. The van der Waals surface area contributed by atoms with Crippen LogP contribution in [0.5, 0.6) is 0 Å². The van der Waals surface area contributed by atoms with Crippen LogP contribution in [0.4, 0.5) is 0 Å². The highest BCUT2D eigenvalue weighted by atomic mass is 16.2. The van der Waals surface area contributed by atoms with Gasteiger partial charge in [0.05, 0.1) is 11.8 Å². The van der Waals surface area contributed by atoms with Crippen LogP contribution in [0, 0.1) is 12.8 Å². The van der Waals surface area contributed by atoms with Gasteiger partial charge in [-0.3, -0.25) is 9.48 Å². The van der Waals surface area contributed by atoms with E-state index in [4.69, 9.17) is 0 Å². The number of piperidine rings is 1. The molecule has 0 radical (unpaired) electrons. The number of hydrogen-bond acceptors (Lipinski definition) is 3. The van der Waals surface area contributed by atoms with Crippen molar-refractivity contribution < 1.29 is 4.79 Å². The third kappa shape index (κ3) is 3.77. The number of carbonyl (C=O) groups excluding carboxylic acids is 1. The molecule has 5 nitrogen and oxygen atoms in total. The van der Waals surface area contributed by atoms with E-state index in [1.54, 1.807) is 6.20 Å².